The van der Waals surface area contributed by atoms with E-state index in [4.69, 9.17) is 5.26 Å². The van der Waals surface area contributed by atoms with Crippen molar-refractivity contribution in [3.05, 3.63) is 95.5 Å². The highest BCUT2D eigenvalue weighted by Gasteiger charge is 2.15. The second-order valence-corrected chi connectivity index (χ2v) is 8.99. The van der Waals surface area contributed by atoms with E-state index in [-0.39, 0.29) is 23.5 Å². The maximum atomic E-state index is 13.6. The second kappa shape index (κ2) is 11.0. The topological polar surface area (TPSA) is 158 Å². The number of hydrogen-bond acceptors (Lipinski definition) is 9. The van der Waals surface area contributed by atoms with Crippen molar-refractivity contribution >= 4 is 17.5 Å². The first-order valence-electron chi connectivity index (χ1n) is 12.2. The van der Waals surface area contributed by atoms with Gasteiger partial charge in [0.15, 0.2) is 5.82 Å². The molecular formula is C28H23FN10O. The summed E-state index contributed by atoms with van der Waals surface area (Å²) in [5.41, 5.74) is 4.23. The fourth-order valence-corrected chi connectivity index (χ4v) is 3.94. The number of carbonyl (C=O) groups excluding carboxylic acids is 1. The van der Waals surface area contributed by atoms with Crippen molar-refractivity contribution in [2.24, 2.45) is 0 Å². The molecular weight excluding hydrogens is 511 g/mol. The number of pyridine rings is 3. The predicted octanol–water partition coefficient (Wildman–Crippen LogP) is 4.58. The van der Waals surface area contributed by atoms with Crippen LogP contribution in [0.5, 0.6) is 0 Å². The average molecular weight is 535 g/mol. The van der Waals surface area contributed by atoms with Crippen LogP contribution in [0.3, 0.4) is 0 Å². The van der Waals surface area contributed by atoms with Gasteiger partial charge >= 0.3 is 0 Å². The molecule has 1 unspecified atom stereocenters. The number of anilines is 2. The summed E-state index contributed by atoms with van der Waals surface area (Å²) in [5.74, 6) is 0.853. The van der Waals surface area contributed by atoms with Gasteiger partial charge in [-0.05, 0) is 50.6 Å². The molecule has 198 valence electrons. The van der Waals surface area contributed by atoms with Gasteiger partial charge in [-0.2, -0.15) is 5.26 Å². The molecule has 0 aromatic carbocycles. The number of nitriles is 1. The Morgan fingerprint density at radius 2 is 1.85 bits per heavy atom. The van der Waals surface area contributed by atoms with Gasteiger partial charge in [-0.3, -0.25) is 19.7 Å². The summed E-state index contributed by atoms with van der Waals surface area (Å²) < 4.78 is 13.6. The third-order valence-corrected chi connectivity index (χ3v) is 6.02. The molecule has 12 heteroatoms. The van der Waals surface area contributed by atoms with Crippen molar-refractivity contribution in [3.63, 3.8) is 0 Å². The third-order valence-electron chi connectivity index (χ3n) is 6.02. The number of aryl methyl sites for hydroxylation is 2. The van der Waals surface area contributed by atoms with E-state index in [2.05, 4.69) is 45.5 Å². The van der Waals surface area contributed by atoms with Crippen LogP contribution in [0.4, 0.5) is 16.0 Å². The van der Waals surface area contributed by atoms with Gasteiger partial charge in [0.1, 0.15) is 29.2 Å². The van der Waals surface area contributed by atoms with Crippen molar-refractivity contribution < 1.29 is 9.18 Å². The third kappa shape index (κ3) is 5.78. The number of halogens is 1. The highest BCUT2D eigenvalue weighted by atomic mass is 19.1. The van der Waals surface area contributed by atoms with Crippen LogP contribution in [0.2, 0.25) is 0 Å². The first-order valence-corrected chi connectivity index (χ1v) is 12.2. The van der Waals surface area contributed by atoms with Crippen molar-refractivity contribution in [2.75, 3.05) is 5.32 Å². The maximum absolute atomic E-state index is 13.6. The maximum Gasteiger partial charge on any atom is 0.270 e. The van der Waals surface area contributed by atoms with E-state index in [1.54, 1.807) is 37.4 Å². The standard InChI is InChI=1S/C28H23FN10O/c1-15-8-24(37-26-14-34-25(10-30)38-26)39-27(35-15)19-5-7-23(33-12-19)28(40)36-16(2)18-4-6-22(32-11-18)21-9-20(29)13-31-17(21)3/h4-9,11-14,16H,1-3H3,(H,34,38)(H,36,40)(H,35,37,39). The number of rotatable bonds is 7. The van der Waals surface area contributed by atoms with Crippen molar-refractivity contribution in [1.29, 1.82) is 5.26 Å². The largest absolute Gasteiger partial charge is 0.344 e. The van der Waals surface area contributed by atoms with Gasteiger partial charge in [0.2, 0.25) is 5.82 Å². The fraction of sp³-hybridized carbons (Fsp3) is 0.143. The number of amides is 1. The quantitative estimate of drug-likeness (QED) is 0.272. The Morgan fingerprint density at radius 3 is 2.55 bits per heavy atom. The fourth-order valence-electron chi connectivity index (χ4n) is 3.94. The molecule has 1 amide bonds. The van der Waals surface area contributed by atoms with Crippen LogP contribution >= 0.6 is 0 Å². The number of H-pyrrole nitrogens is 1. The summed E-state index contributed by atoms with van der Waals surface area (Å²) in [6.07, 6.45) is 5.85. The molecule has 0 aliphatic heterocycles. The molecule has 0 aliphatic rings. The lowest BCUT2D eigenvalue weighted by Crippen LogP contribution is -2.27. The number of nitrogens with zero attached hydrogens (tertiary/aromatic N) is 7. The average Bonchev–Trinajstić information content (AvgIpc) is 3.41. The minimum absolute atomic E-state index is 0.186. The zero-order valence-electron chi connectivity index (χ0n) is 21.8. The molecule has 3 N–H and O–H groups in total. The van der Waals surface area contributed by atoms with Crippen LogP contribution in [-0.4, -0.2) is 40.8 Å². The Kier molecular flexibility index (Phi) is 7.19. The van der Waals surface area contributed by atoms with E-state index in [9.17, 15) is 9.18 Å². The van der Waals surface area contributed by atoms with Gasteiger partial charge in [-0.1, -0.05) is 6.07 Å². The zero-order chi connectivity index (χ0) is 28.2. The van der Waals surface area contributed by atoms with Crippen LogP contribution in [-0.2, 0) is 0 Å². The Hall–Kier alpha value is -5.57. The highest BCUT2D eigenvalue weighted by Crippen LogP contribution is 2.23. The first-order chi connectivity index (χ1) is 19.3. The summed E-state index contributed by atoms with van der Waals surface area (Å²) in [6, 6.07) is 11.7. The number of nitrogens with one attached hydrogen (secondary N) is 3. The van der Waals surface area contributed by atoms with E-state index >= 15 is 0 Å². The van der Waals surface area contributed by atoms with Crippen LogP contribution in [0.1, 0.15) is 46.2 Å². The second-order valence-electron chi connectivity index (χ2n) is 8.99. The summed E-state index contributed by atoms with van der Waals surface area (Å²) in [6.45, 7) is 5.46. The minimum atomic E-state index is -0.430. The lowest BCUT2D eigenvalue weighted by atomic mass is 10.1. The zero-order valence-corrected chi connectivity index (χ0v) is 21.8. The van der Waals surface area contributed by atoms with Crippen molar-refractivity contribution in [3.8, 4) is 28.7 Å². The smallest absolute Gasteiger partial charge is 0.270 e. The highest BCUT2D eigenvalue weighted by molar-refractivity contribution is 5.92. The number of imidazole rings is 1. The molecule has 1 atom stereocenters. The predicted molar refractivity (Wildman–Crippen MR) is 145 cm³/mol. The summed E-state index contributed by atoms with van der Waals surface area (Å²) in [5, 5.41) is 14.9. The molecule has 5 heterocycles. The number of hydrogen-bond donors (Lipinski definition) is 3. The molecule has 5 rings (SSSR count). The van der Waals surface area contributed by atoms with E-state index in [1.165, 1.54) is 24.7 Å². The molecule has 0 aliphatic carbocycles. The summed E-state index contributed by atoms with van der Waals surface area (Å²) in [4.78, 5) is 41.4. The number of aromatic nitrogens is 7. The van der Waals surface area contributed by atoms with Gasteiger partial charge in [0.05, 0.1) is 24.1 Å². The van der Waals surface area contributed by atoms with E-state index in [0.29, 0.717) is 45.7 Å². The molecule has 0 saturated carbocycles. The number of carbonyl (C=O) groups is 1. The van der Waals surface area contributed by atoms with Gasteiger partial charge in [0.25, 0.3) is 5.91 Å². The summed E-state index contributed by atoms with van der Waals surface area (Å²) in [7, 11) is 0. The van der Waals surface area contributed by atoms with Crippen LogP contribution in [0.25, 0.3) is 22.6 Å². The molecule has 0 spiro atoms. The normalized spacial score (nSPS) is 11.5. The van der Waals surface area contributed by atoms with Crippen LogP contribution < -0.4 is 10.6 Å². The SMILES string of the molecule is Cc1cc(Nc2cnc(C#N)[nH]2)nc(-c2ccc(C(=O)NC(C)c3ccc(-c4cc(F)cnc4C)nc3)nc2)n1. The molecule has 0 saturated heterocycles. The Bertz CT molecular complexity index is 1730. The summed E-state index contributed by atoms with van der Waals surface area (Å²) >= 11 is 0. The Labute approximate surface area is 228 Å². The molecule has 0 bridgehead atoms. The van der Waals surface area contributed by atoms with Gasteiger partial charge < -0.3 is 15.6 Å². The monoisotopic (exact) mass is 534 g/mol. The molecule has 11 nitrogen and oxygen atoms in total. The van der Waals surface area contributed by atoms with Crippen molar-refractivity contribution in [2.45, 2.75) is 26.8 Å². The van der Waals surface area contributed by atoms with Gasteiger partial charge in [-0.15, -0.1) is 0 Å². The molecule has 0 radical (unpaired) electrons. The molecule has 5 aromatic heterocycles. The van der Waals surface area contributed by atoms with E-state index in [1.807, 2.05) is 26.0 Å². The lowest BCUT2D eigenvalue weighted by Gasteiger charge is -2.14. The van der Waals surface area contributed by atoms with Crippen LogP contribution in [0.15, 0.2) is 61.2 Å². The molecule has 0 fully saturated rings. The van der Waals surface area contributed by atoms with E-state index < -0.39 is 5.82 Å². The Morgan fingerprint density at radius 1 is 1.00 bits per heavy atom. The molecule has 40 heavy (non-hydrogen) atoms. The minimum Gasteiger partial charge on any atom is -0.344 e. The van der Waals surface area contributed by atoms with Crippen molar-refractivity contribution in [1.82, 2.24) is 40.2 Å². The number of aromatic amines is 1. The molecule has 5 aromatic rings. The lowest BCUT2D eigenvalue weighted by molar-refractivity contribution is 0.0935. The van der Waals surface area contributed by atoms with E-state index in [0.717, 1.165) is 5.56 Å². The first kappa shape index (κ1) is 26.1. The Balaban J connectivity index is 1.26. The van der Waals surface area contributed by atoms with Gasteiger partial charge in [-0.25, -0.2) is 19.3 Å². The van der Waals surface area contributed by atoms with Crippen LogP contribution in [0, 0.1) is 31.0 Å². The van der Waals surface area contributed by atoms with Gasteiger partial charge in [0, 0.05) is 41.0 Å².